The summed E-state index contributed by atoms with van der Waals surface area (Å²) in [5.74, 6) is -0.563. The van der Waals surface area contributed by atoms with E-state index in [0.29, 0.717) is 10.4 Å². The third-order valence-electron chi connectivity index (χ3n) is 3.20. The van der Waals surface area contributed by atoms with Crippen LogP contribution in [0.1, 0.15) is 28.1 Å². The summed E-state index contributed by atoms with van der Waals surface area (Å²) in [6.07, 6.45) is 0.299. The summed E-state index contributed by atoms with van der Waals surface area (Å²) in [6, 6.07) is 8.17. The monoisotopic (exact) mass is 383 g/mol. The third-order valence-corrected chi connectivity index (χ3v) is 4.61. The van der Waals surface area contributed by atoms with Gasteiger partial charge in [0.05, 0.1) is 4.88 Å². The molecule has 116 valence electrons. The van der Waals surface area contributed by atoms with Crippen LogP contribution < -0.4 is 0 Å². The van der Waals surface area contributed by atoms with E-state index in [2.05, 4.69) is 15.9 Å². The number of hydrogen-bond donors (Lipinski definition) is 0. The van der Waals surface area contributed by atoms with E-state index in [0.717, 1.165) is 4.47 Å². The SMILES string of the molecule is CN(Cc1cc(Br)ccc1F)C(=O)CCC(=O)c1cccs1. The van der Waals surface area contributed by atoms with Crippen LogP contribution in [0.4, 0.5) is 4.39 Å². The highest BCUT2D eigenvalue weighted by atomic mass is 79.9. The largest absolute Gasteiger partial charge is 0.341 e. The van der Waals surface area contributed by atoms with Crippen molar-refractivity contribution in [3.05, 3.63) is 56.4 Å². The number of rotatable bonds is 6. The molecule has 6 heteroatoms. The molecular formula is C16H15BrFNO2S. The fourth-order valence-electron chi connectivity index (χ4n) is 1.98. The summed E-state index contributed by atoms with van der Waals surface area (Å²) in [4.78, 5) is 26.0. The van der Waals surface area contributed by atoms with Crippen LogP contribution in [0.5, 0.6) is 0 Å². The van der Waals surface area contributed by atoms with Crippen LogP contribution in [0.2, 0.25) is 0 Å². The first-order valence-corrected chi connectivity index (χ1v) is 8.39. The number of halogens is 2. The molecule has 1 aromatic heterocycles. The van der Waals surface area contributed by atoms with E-state index in [-0.39, 0.29) is 36.9 Å². The third kappa shape index (κ3) is 4.48. The molecule has 0 atom stereocenters. The molecule has 1 heterocycles. The highest BCUT2D eigenvalue weighted by molar-refractivity contribution is 9.10. The number of amides is 1. The van der Waals surface area contributed by atoms with E-state index in [4.69, 9.17) is 0 Å². The predicted molar refractivity (Wildman–Crippen MR) is 88.5 cm³/mol. The van der Waals surface area contributed by atoms with Gasteiger partial charge in [-0.15, -0.1) is 11.3 Å². The molecular weight excluding hydrogens is 369 g/mol. The number of Topliss-reactive ketones (excluding diaryl/α,β-unsaturated/α-hetero) is 1. The van der Waals surface area contributed by atoms with Crippen molar-refractivity contribution in [3.63, 3.8) is 0 Å². The van der Waals surface area contributed by atoms with E-state index in [1.807, 2.05) is 11.4 Å². The van der Waals surface area contributed by atoms with Crippen LogP contribution in [-0.4, -0.2) is 23.6 Å². The summed E-state index contributed by atoms with van der Waals surface area (Å²) in [7, 11) is 1.61. The molecule has 0 N–H and O–H groups in total. The van der Waals surface area contributed by atoms with E-state index >= 15 is 0 Å². The van der Waals surface area contributed by atoms with Crippen LogP contribution in [-0.2, 0) is 11.3 Å². The zero-order valence-corrected chi connectivity index (χ0v) is 14.4. The van der Waals surface area contributed by atoms with Crippen molar-refractivity contribution in [2.45, 2.75) is 19.4 Å². The molecule has 0 radical (unpaired) electrons. The lowest BCUT2D eigenvalue weighted by molar-refractivity contribution is -0.130. The maximum absolute atomic E-state index is 13.7. The molecule has 0 saturated carbocycles. The summed E-state index contributed by atoms with van der Waals surface area (Å²) in [5, 5.41) is 1.83. The minimum Gasteiger partial charge on any atom is -0.341 e. The molecule has 0 unspecified atom stereocenters. The Morgan fingerprint density at radius 3 is 2.73 bits per heavy atom. The first-order chi connectivity index (χ1) is 10.5. The Morgan fingerprint density at radius 1 is 1.27 bits per heavy atom. The van der Waals surface area contributed by atoms with Gasteiger partial charge in [-0.05, 0) is 29.6 Å². The van der Waals surface area contributed by atoms with Crippen molar-refractivity contribution in [2.24, 2.45) is 0 Å². The van der Waals surface area contributed by atoms with Gasteiger partial charge in [-0.1, -0.05) is 22.0 Å². The maximum atomic E-state index is 13.7. The summed E-state index contributed by atoms with van der Waals surface area (Å²) >= 11 is 4.65. The second kappa shape index (κ2) is 7.65. The fraction of sp³-hybridized carbons (Fsp3) is 0.250. The van der Waals surface area contributed by atoms with Crippen molar-refractivity contribution in [2.75, 3.05) is 7.05 Å². The van der Waals surface area contributed by atoms with Crippen LogP contribution in [0.3, 0.4) is 0 Å². The summed E-state index contributed by atoms with van der Waals surface area (Å²) in [5.41, 5.74) is 0.440. The smallest absolute Gasteiger partial charge is 0.223 e. The number of carbonyl (C=O) groups is 2. The molecule has 1 aromatic carbocycles. The van der Waals surface area contributed by atoms with Crippen molar-refractivity contribution in [1.82, 2.24) is 4.90 Å². The number of carbonyl (C=O) groups excluding carboxylic acids is 2. The Hall–Kier alpha value is -1.53. The lowest BCUT2D eigenvalue weighted by Crippen LogP contribution is -2.27. The summed E-state index contributed by atoms with van der Waals surface area (Å²) in [6.45, 7) is 0.178. The molecule has 0 aliphatic rings. The van der Waals surface area contributed by atoms with Crippen molar-refractivity contribution >= 4 is 39.0 Å². The van der Waals surface area contributed by atoms with Gasteiger partial charge in [0, 0.05) is 36.5 Å². The Balaban J connectivity index is 1.89. The topological polar surface area (TPSA) is 37.4 Å². The molecule has 0 aliphatic carbocycles. The predicted octanol–water partition coefficient (Wildman–Crippen LogP) is 4.27. The van der Waals surface area contributed by atoms with E-state index < -0.39 is 0 Å². The minimum atomic E-state index is -0.350. The van der Waals surface area contributed by atoms with Crippen LogP contribution >= 0.6 is 27.3 Å². The van der Waals surface area contributed by atoms with Gasteiger partial charge in [-0.3, -0.25) is 9.59 Å². The average Bonchev–Trinajstić information content (AvgIpc) is 3.02. The van der Waals surface area contributed by atoms with Crippen LogP contribution in [0.15, 0.2) is 40.2 Å². The molecule has 2 rings (SSSR count). The van der Waals surface area contributed by atoms with Crippen molar-refractivity contribution in [1.29, 1.82) is 0 Å². The quantitative estimate of drug-likeness (QED) is 0.698. The standard InChI is InChI=1S/C16H15BrFNO2S/c1-19(10-11-9-12(17)4-5-13(11)18)16(21)7-6-14(20)15-3-2-8-22-15/h2-5,8-9H,6-7,10H2,1H3. The number of ketones is 1. The maximum Gasteiger partial charge on any atom is 0.223 e. The number of benzene rings is 1. The van der Waals surface area contributed by atoms with Gasteiger partial charge in [0.1, 0.15) is 5.82 Å². The summed E-state index contributed by atoms with van der Waals surface area (Å²) < 4.78 is 14.4. The zero-order chi connectivity index (χ0) is 16.1. The Labute approximate surface area is 140 Å². The highest BCUT2D eigenvalue weighted by Crippen LogP contribution is 2.18. The van der Waals surface area contributed by atoms with Crippen molar-refractivity contribution < 1.29 is 14.0 Å². The molecule has 0 fully saturated rings. The van der Waals surface area contributed by atoms with Crippen molar-refractivity contribution in [3.8, 4) is 0 Å². The minimum absolute atomic E-state index is 0.0367. The molecule has 1 amide bonds. The van der Waals surface area contributed by atoms with Gasteiger partial charge < -0.3 is 4.90 Å². The average molecular weight is 384 g/mol. The molecule has 0 aliphatic heterocycles. The van der Waals surface area contributed by atoms with Gasteiger partial charge >= 0.3 is 0 Å². The number of hydrogen-bond acceptors (Lipinski definition) is 3. The van der Waals surface area contributed by atoms with Gasteiger partial charge in [0.2, 0.25) is 5.91 Å². The van der Waals surface area contributed by atoms with Gasteiger partial charge in [0.25, 0.3) is 0 Å². The Bertz CT molecular complexity index is 673. The molecule has 2 aromatic rings. The fourth-order valence-corrected chi connectivity index (χ4v) is 3.08. The molecule has 22 heavy (non-hydrogen) atoms. The lowest BCUT2D eigenvalue weighted by atomic mass is 10.1. The Morgan fingerprint density at radius 2 is 2.05 bits per heavy atom. The second-order valence-corrected chi connectivity index (χ2v) is 6.75. The van der Waals surface area contributed by atoms with E-state index in [9.17, 15) is 14.0 Å². The molecule has 0 bridgehead atoms. The first-order valence-electron chi connectivity index (χ1n) is 6.72. The van der Waals surface area contributed by atoms with E-state index in [1.165, 1.54) is 22.3 Å². The normalized spacial score (nSPS) is 10.5. The van der Waals surface area contributed by atoms with Crippen LogP contribution in [0.25, 0.3) is 0 Å². The number of nitrogens with zero attached hydrogens (tertiary/aromatic N) is 1. The molecule has 0 saturated heterocycles. The van der Waals surface area contributed by atoms with Gasteiger partial charge in [0.15, 0.2) is 5.78 Å². The first kappa shape index (κ1) is 16.8. The van der Waals surface area contributed by atoms with Crippen LogP contribution in [0, 0.1) is 5.82 Å². The Kier molecular flexibility index (Phi) is 5.85. The molecule has 3 nitrogen and oxygen atoms in total. The van der Waals surface area contributed by atoms with Gasteiger partial charge in [-0.25, -0.2) is 4.39 Å². The lowest BCUT2D eigenvalue weighted by Gasteiger charge is -2.17. The molecule has 0 spiro atoms. The highest BCUT2D eigenvalue weighted by Gasteiger charge is 2.15. The second-order valence-electron chi connectivity index (χ2n) is 4.89. The van der Waals surface area contributed by atoms with Gasteiger partial charge in [-0.2, -0.15) is 0 Å². The zero-order valence-electron chi connectivity index (χ0n) is 12.0. The number of thiophene rings is 1. The van der Waals surface area contributed by atoms with E-state index in [1.54, 1.807) is 25.2 Å².